The van der Waals surface area contributed by atoms with Crippen LogP contribution >= 0.6 is 0 Å². The van der Waals surface area contributed by atoms with Crippen LogP contribution in [0.1, 0.15) is 28.4 Å². The summed E-state index contributed by atoms with van der Waals surface area (Å²) >= 11 is 0. The number of hydrogen-bond donors (Lipinski definition) is 0. The maximum absolute atomic E-state index is 12.8. The molecule has 0 fully saturated rings. The van der Waals surface area contributed by atoms with Crippen molar-refractivity contribution in [2.45, 2.75) is 25.2 Å². The Morgan fingerprint density at radius 3 is 2.50 bits per heavy atom. The van der Waals surface area contributed by atoms with Crippen LogP contribution in [0.2, 0.25) is 0 Å². The molecule has 2 aromatic carbocycles. The van der Waals surface area contributed by atoms with Crippen LogP contribution in [-0.2, 0) is 21.2 Å². The lowest BCUT2D eigenvalue weighted by atomic mass is 10.0. The van der Waals surface area contributed by atoms with Crippen LogP contribution in [-0.4, -0.2) is 24.1 Å². The van der Waals surface area contributed by atoms with E-state index in [0.717, 1.165) is 9.54 Å². The van der Waals surface area contributed by atoms with Gasteiger partial charge >= 0.3 is 5.97 Å². The molecule has 3 aromatic rings. The van der Waals surface area contributed by atoms with Crippen LogP contribution in [0, 0.1) is 6.92 Å². The number of carbonyl (C=O) groups is 2. The van der Waals surface area contributed by atoms with Crippen molar-refractivity contribution in [1.29, 1.82) is 0 Å². The Morgan fingerprint density at radius 1 is 1.04 bits per heavy atom. The number of nitrogens with zero attached hydrogens (tertiary/aromatic N) is 1. The second-order valence-electron chi connectivity index (χ2n) is 6.36. The molecule has 0 aliphatic carbocycles. The van der Waals surface area contributed by atoms with E-state index in [-0.39, 0.29) is 28.4 Å². The Bertz CT molecular complexity index is 1140. The van der Waals surface area contributed by atoms with Crippen molar-refractivity contribution in [2.75, 3.05) is 0 Å². The molecule has 28 heavy (non-hydrogen) atoms. The molecular formula is C21H19NO5S. The van der Waals surface area contributed by atoms with Crippen molar-refractivity contribution < 1.29 is 22.7 Å². The minimum Gasteiger partial charge on any atom is -0.426 e. The van der Waals surface area contributed by atoms with Gasteiger partial charge in [0.05, 0.1) is 10.5 Å². The van der Waals surface area contributed by atoms with Gasteiger partial charge in [0, 0.05) is 25.7 Å². The first-order chi connectivity index (χ1) is 13.3. The summed E-state index contributed by atoms with van der Waals surface area (Å²) in [5.74, 6) is -0.606. The second kappa shape index (κ2) is 7.82. The Kier molecular flexibility index (Phi) is 5.46. The van der Waals surface area contributed by atoms with Gasteiger partial charge in [0.2, 0.25) is 0 Å². The Hall–Kier alpha value is -3.19. The fourth-order valence-corrected chi connectivity index (χ4v) is 4.12. The van der Waals surface area contributed by atoms with E-state index < -0.39 is 16.0 Å². The van der Waals surface area contributed by atoms with Crippen molar-refractivity contribution in [1.82, 2.24) is 3.97 Å². The Balaban J connectivity index is 1.84. The summed E-state index contributed by atoms with van der Waals surface area (Å²) in [5, 5.41) is 0. The van der Waals surface area contributed by atoms with E-state index >= 15 is 0 Å². The first-order valence-corrected chi connectivity index (χ1v) is 10.0. The van der Waals surface area contributed by atoms with Crippen molar-refractivity contribution in [3.63, 3.8) is 0 Å². The first-order valence-electron chi connectivity index (χ1n) is 8.57. The molecule has 0 bridgehead atoms. The zero-order chi connectivity index (χ0) is 20.3. The standard InChI is InChI=1S/C21H19NO5S/c1-15-6-5-7-18(12-15)28(25,26)22-11-10-17(14-22)13-20(24)19-8-3-4-9-21(19)27-16(2)23/h3-12,14H,13H2,1-2H3. The van der Waals surface area contributed by atoms with E-state index in [1.54, 1.807) is 42.5 Å². The van der Waals surface area contributed by atoms with Gasteiger partial charge in [0.15, 0.2) is 5.78 Å². The van der Waals surface area contributed by atoms with Crippen LogP contribution in [0.4, 0.5) is 0 Å². The lowest BCUT2D eigenvalue weighted by Gasteiger charge is -2.08. The van der Waals surface area contributed by atoms with E-state index in [9.17, 15) is 18.0 Å². The van der Waals surface area contributed by atoms with Crippen molar-refractivity contribution in [3.8, 4) is 5.75 Å². The molecule has 0 saturated heterocycles. The number of ether oxygens (including phenoxy) is 1. The third kappa shape index (κ3) is 4.20. The minimum absolute atomic E-state index is 0.0192. The van der Waals surface area contributed by atoms with Crippen LogP contribution in [0.3, 0.4) is 0 Å². The molecule has 1 aromatic heterocycles. The quantitative estimate of drug-likeness (QED) is 0.362. The fourth-order valence-electron chi connectivity index (χ4n) is 2.79. The van der Waals surface area contributed by atoms with E-state index in [0.29, 0.717) is 5.56 Å². The van der Waals surface area contributed by atoms with E-state index in [1.165, 1.54) is 25.4 Å². The highest BCUT2D eigenvalue weighted by Crippen LogP contribution is 2.22. The highest BCUT2D eigenvalue weighted by Gasteiger charge is 2.19. The van der Waals surface area contributed by atoms with Gasteiger partial charge in [-0.3, -0.25) is 9.59 Å². The number of hydrogen-bond acceptors (Lipinski definition) is 5. The van der Waals surface area contributed by atoms with Gasteiger partial charge in [-0.25, -0.2) is 12.4 Å². The molecule has 0 spiro atoms. The molecule has 0 saturated carbocycles. The van der Waals surface area contributed by atoms with Gasteiger partial charge < -0.3 is 4.74 Å². The molecule has 144 valence electrons. The summed E-state index contributed by atoms with van der Waals surface area (Å²) in [7, 11) is -3.73. The lowest BCUT2D eigenvalue weighted by Crippen LogP contribution is -2.11. The summed E-state index contributed by atoms with van der Waals surface area (Å²) in [6.45, 7) is 3.08. The number of rotatable bonds is 6. The summed E-state index contributed by atoms with van der Waals surface area (Å²) < 4.78 is 31.7. The summed E-state index contributed by atoms with van der Waals surface area (Å²) in [5.41, 5.74) is 1.65. The number of benzene rings is 2. The van der Waals surface area contributed by atoms with Gasteiger partial charge in [0.25, 0.3) is 10.0 Å². The smallest absolute Gasteiger partial charge is 0.308 e. The van der Waals surface area contributed by atoms with Crippen molar-refractivity contribution in [3.05, 3.63) is 83.7 Å². The van der Waals surface area contributed by atoms with Gasteiger partial charge in [-0.2, -0.15) is 0 Å². The van der Waals surface area contributed by atoms with Crippen molar-refractivity contribution >= 4 is 21.8 Å². The minimum atomic E-state index is -3.73. The van der Waals surface area contributed by atoms with Crippen molar-refractivity contribution in [2.24, 2.45) is 0 Å². The highest BCUT2D eigenvalue weighted by atomic mass is 32.2. The summed E-state index contributed by atoms with van der Waals surface area (Å²) in [4.78, 5) is 24.0. The number of Topliss-reactive ketones (excluding diaryl/α,β-unsaturated/α-hetero) is 1. The zero-order valence-corrected chi connectivity index (χ0v) is 16.3. The molecule has 0 atom stereocenters. The van der Waals surface area contributed by atoms with E-state index in [4.69, 9.17) is 4.74 Å². The average Bonchev–Trinajstić information content (AvgIpc) is 3.11. The molecule has 3 rings (SSSR count). The third-order valence-electron chi connectivity index (χ3n) is 4.10. The van der Waals surface area contributed by atoms with E-state index in [1.807, 2.05) is 13.0 Å². The van der Waals surface area contributed by atoms with Gasteiger partial charge in [-0.1, -0.05) is 24.3 Å². The van der Waals surface area contributed by atoms with Crippen LogP contribution < -0.4 is 4.74 Å². The van der Waals surface area contributed by atoms with Crippen LogP contribution in [0.25, 0.3) is 0 Å². The Labute approximate surface area is 163 Å². The molecule has 0 aliphatic heterocycles. The maximum atomic E-state index is 12.8. The lowest BCUT2D eigenvalue weighted by molar-refractivity contribution is -0.131. The maximum Gasteiger partial charge on any atom is 0.308 e. The Morgan fingerprint density at radius 2 is 1.79 bits per heavy atom. The number of esters is 1. The predicted molar refractivity (Wildman–Crippen MR) is 104 cm³/mol. The fraction of sp³-hybridized carbons (Fsp3) is 0.143. The van der Waals surface area contributed by atoms with E-state index in [2.05, 4.69) is 0 Å². The highest BCUT2D eigenvalue weighted by molar-refractivity contribution is 7.90. The normalized spacial score (nSPS) is 11.2. The molecule has 6 nitrogen and oxygen atoms in total. The van der Waals surface area contributed by atoms with Gasteiger partial charge in [-0.15, -0.1) is 0 Å². The number of aromatic nitrogens is 1. The molecule has 0 radical (unpaired) electrons. The molecule has 0 unspecified atom stereocenters. The van der Waals surface area contributed by atoms with Crippen LogP contribution in [0.15, 0.2) is 71.9 Å². The third-order valence-corrected chi connectivity index (χ3v) is 5.73. The number of carbonyl (C=O) groups excluding carboxylic acids is 2. The number of para-hydroxylation sites is 1. The SMILES string of the molecule is CC(=O)Oc1ccccc1C(=O)Cc1ccn(S(=O)(=O)c2cccc(C)c2)c1. The molecule has 0 N–H and O–H groups in total. The summed E-state index contributed by atoms with van der Waals surface area (Å²) in [6.07, 6.45) is 2.82. The summed E-state index contributed by atoms with van der Waals surface area (Å²) in [6, 6.07) is 14.7. The molecule has 1 heterocycles. The number of aryl methyl sites for hydroxylation is 1. The van der Waals surface area contributed by atoms with Gasteiger partial charge in [-0.05, 0) is 48.4 Å². The first kappa shape index (κ1) is 19.6. The topological polar surface area (TPSA) is 82.4 Å². The average molecular weight is 397 g/mol. The zero-order valence-electron chi connectivity index (χ0n) is 15.5. The molecule has 0 amide bonds. The second-order valence-corrected chi connectivity index (χ2v) is 8.20. The van der Waals surface area contributed by atoms with Crippen LogP contribution in [0.5, 0.6) is 5.75 Å². The molecule has 7 heteroatoms. The largest absolute Gasteiger partial charge is 0.426 e. The molecule has 0 aliphatic rings. The monoisotopic (exact) mass is 397 g/mol. The predicted octanol–water partition coefficient (Wildman–Crippen LogP) is 3.38. The number of ketones is 1. The van der Waals surface area contributed by atoms with Gasteiger partial charge in [0.1, 0.15) is 5.75 Å². The molecular weight excluding hydrogens is 378 g/mol.